The second-order valence-electron chi connectivity index (χ2n) is 6.89. The summed E-state index contributed by atoms with van der Waals surface area (Å²) < 4.78 is 1.91. The summed E-state index contributed by atoms with van der Waals surface area (Å²) in [6.45, 7) is 6.75. The number of nitrogens with zero attached hydrogens (tertiary/aromatic N) is 2. The SMILES string of the molecule is CCc1nn(C)c(CC2(N)CCC(C)(C)CC2)c1Cl. The number of halogens is 1. The van der Waals surface area contributed by atoms with Crippen LogP contribution in [0.5, 0.6) is 0 Å². The largest absolute Gasteiger partial charge is 0.325 e. The predicted molar refractivity (Wildman–Crippen MR) is 80.5 cm³/mol. The fourth-order valence-electron chi connectivity index (χ4n) is 2.95. The first-order valence-electron chi connectivity index (χ1n) is 7.25. The Hall–Kier alpha value is -0.540. The van der Waals surface area contributed by atoms with Crippen molar-refractivity contribution in [3.63, 3.8) is 0 Å². The third-order valence-electron chi connectivity index (χ3n) is 4.62. The van der Waals surface area contributed by atoms with Crippen LogP contribution < -0.4 is 5.73 Å². The zero-order chi connectivity index (χ0) is 14.3. The van der Waals surface area contributed by atoms with Crippen LogP contribution in [-0.4, -0.2) is 15.3 Å². The van der Waals surface area contributed by atoms with Crippen molar-refractivity contribution in [1.82, 2.24) is 9.78 Å². The molecule has 1 aliphatic carbocycles. The van der Waals surface area contributed by atoms with Crippen LogP contribution >= 0.6 is 11.6 Å². The van der Waals surface area contributed by atoms with Crippen LogP contribution in [0.25, 0.3) is 0 Å². The fraction of sp³-hybridized carbons (Fsp3) is 0.800. The van der Waals surface area contributed by atoms with Crippen molar-refractivity contribution in [2.75, 3.05) is 0 Å². The third-order valence-corrected chi connectivity index (χ3v) is 5.06. The number of nitrogens with two attached hydrogens (primary N) is 1. The number of hydrogen-bond acceptors (Lipinski definition) is 2. The second-order valence-corrected chi connectivity index (χ2v) is 7.27. The van der Waals surface area contributed by atoms with Gasteiger partial charge in [0.05, 0.1) is 16.4 Å². The summed E-state index contributed by atoms with van der Waals surface area (Å²) in [7, 11) is 1.97. The van der Waals surface area contributed by atoms with E-state index in [0.717, 1.165) is 42.1 Å². The van der Waals surface area contributed by atoms with Crippen LogP contribution in [0.1, 0.15) is 57.8 Å². The monoisotopic (exact) mass is 283 g/mol. The lowest BCUT2D eigenvalue weighted by Gasteiger charge is -2.41. The summed E-state index contributed by atoms with van der Waals surface area (Å²) >= 11 is 6.43. The molecule has 0 unspecified atom stereocenters. The van der Waals surface area contributed by atoms with E-state index >= 15 is 0 Å². The molecular formula is C15H26ClN3. The number of rotatable bonds is 3. The Balaban J connectivity index is 2.15. The molecule has 1 aromatic rings. The molecule has 1 saturated carbocycles. The zero-order valence-corrected chi connectivity index (χ0v) is 13.3. The summed E-state index contributed by atoms with van der Waals surface area (Å²) in [4.78, 5) is 0. The molecule has 2 N–H and O–H groups in total. The van der Waals surface area contributed by atoms with E-state index in [1.165, 1.54) is 12.8 Å². The molecule has 1 heterocycles. The lowest BCUT2D eigenvalue weighted by molar-refractivity contribution is 0.163. The smallest absolute Gasteiger partial charge is 0.0850 e. The Bertz CT molecular complexity index is 452. The molecular weight excluding hydrogens is 258 g/mol. The van der Waals surface area contributed by atoms with Gasteiger partial charge in [0.25, 0.3) is 0 Å². The van der Waals surface area contributed by atoms with Gasteiger partial charge in [0.15, 0.2) is 0 Å². The van der Waals surface area contributed by atoms with E-state index in [-0.39, 0.29) is 5.54 Å². The molecule has 0 radical (unpaired) electrons. The Morgan fingerprint density at radius 2 is 1.84 bits per heavy atom. The summed E-state index contributed by atoms with van der Waals surface area (Å²) in [5, 5.41) is 5.30. The highest BCUT2D eigenvalue weighted by Gasteiger charge is 2.36. The van der Waals surface area contributed by atoms with Crippen LogP contribution in [0.4, 0.5) is 0 Å². The molecule has 0 atom stereocenters. The molecule has 2 rings (SSSR count). The lowest BCUT2D eigenvalue weighted by Crippen LogP contribution is -2.47. The second kappa shape index (κ2) is 5.10. The van der Waals surface area contributed by atoms with E-state index < -0.39 is 0 Å². The zero-order valence-electron chi connectivity index (χ0n) is 12.6. The highest BCUT2D eigenvalue weighted by molar-refractivity contribution is 6.31. The van der Waals surface area contributed by atoms with Crippen molar-refractivity contribution >= 4 is 11.6 Å². The van der Waals surface area contributed by atoms with Crippen molar-refractivity contribution in [1.29, 1.82) is 0 Å². The van der Waals surface area contributed by atoms with Gasteiger partial charge >= 0.3 is 0 Å². The van der Waals surface area contributed by atoms with Crippen LogP contribution in [0.2, 0.25) is 5.02 Å². The van der Waals surface area contributed by atoms with Crippen molar-refractivity contribution in [2.24, 2.45) is 18.2 Å². The number of hydrogen-bond donors (Lipinski definition) is 1. The summed E-state index contributed by atoms with van der Waals surface area (Å²) in [5.41, 5.74) is 9.01. The maximum atomic E-state index is 6.60. The molecule has 0 amide bonds. The first-order valence-corrected chi connectivity index (χ1v) is 7.63. The summed E-state index contributed by atoms with van der Waals surface area (Å²) in [6, 6.07) is 0. The molecule has 0 aromatic carbocycles. The van der Waals surface area contributed by atoms with Crippen LogP contribution in [-0.2, 0) is 19.9 Å². The van der Waals surface area contributed by atoms with Crippen LogP contribution in [0.15, 0.2) is 0 Å². The molecule has 0 saturated heterocycles. The van der Waals surface area contributed by atoms with E-state index in [9.17, 15) is 0 Å². The van der Waals surface area contributed by atoms with Gasteiger partial charge < -0.3 is 5.73 Å². The summed E-state index contributed by atoms with van der Waals surface area (Å²) in [5.74, 6) is 0. The standard InChI is InChI=1S/C15H26ClN3/c1-5-11-13(16)12(19(4)18-11)10-15(17)8-6-14(2,3)7-9-15/h5-10,17H2,1-4H3. The van der Waals surface area contributed by atoms with Crippen molar-refractivity contribution in [2.45, 2.75) is 64.8 Å². The highest BCUT2D eigenvalue weighted by Crippen LogP contribution is 2.41. The Morgan fingerprint density at radius 1 is 1.26 bits per heavy atom. The van der Waals surface area contributed by atoms with Crippen molar-refractivity contribution < 1.29 is 0 Å². The minimum atomic E-state index is -0.113. The van der Waals surface area contributed by atoms with Gasteiger partial charge in [-0.05, 0) is 37.5 Å². The normalized spacial score (nSPS) is 21.6. The minimum Gasteiger partial charge on any atom is -0.325 e. The summed E-state index contributed by atoms with van der Waals surface area (Å²) in [6.07, 6.45) is 6.24. The lowest BCUT2D eigenvalue weighted by atomic mass is 9.68. The van der Waals surface area contributed by atoms with E-state index in [1.807, 2.05) is 11.7 Å². The Labute approximate surface area is 121 Å². The molecule has 1 fully saturated rings. The van der Waals surface area contributed by atoms with Gasteiger partial charge in [0.1, 0.15) is 0 Å². The van der Waals surface area contributed by atoms with Crippen LogP contribution in [0.3, 0.4) is 0 Å². The topological polar surface area (TPSA) is 43.8 Å². The van der Waals surface area contributed by atoms with E-state index in [0.29, 0.717) is 5.41 Å². The van der Waals surface area contributed by atoms with Gasteiger partial charge in [-0.3, -0.25) is 4.68 Å². The number of aromatic nitrogens is 2. The average Bonchev–Trinajstić information content (AvgIpc) is 2.61. The van der Waals surface area contributed by atoms with Gasteiger partial charge in [0.2, 0.25) is 0 Å². The first kappa shape index (κ1) is 14.9. The maximum Gasteiger partial charge on any atom is 0.0850 e. The van der Waals surface area contributed by atoms with E-state index in [1.54, 1.807) is 0 Å². The molecule has 1 aliphatic rings. The van der Waals surface area contributed by atoms with Gasteiger partial charge in [-0.15, -0.1) is 0 Å². The van der Waals surface area contributed by atoms with Crippen LogP contribution in [0, 0.1) is 5.41 Å². The molecule has 4 heteroatoms. The molecule has 19 heavy (non-hydrogen) atoms. The molecule has 0 bridgehead atoms. The quantitative estimate of drug-likeness (QED) is 0.923. The minimum absolute atomic E-state index is 0.113. The van der Waals surface area contributed by atoms with Gasteiger partial charge in [-0.25, -0.2) is 0 Å². The molecule has 1 aromatic heterocycles. The first-order chi connectivity index (χ1) is 8.76. The molecule has 0 aliphatic heterocycles. The van der Waals surface area contributed by atoms with Crippen molar-refractivity contribution in [3.8, 4) is 0 Å². The Morgan fingerprint density at radius 3 is 2.32 bits per heavy atom. The molecule has 3 nitrogen and oxygen atoms in total. The maximum absolute atomic E-state index is 6.60. The average molecular weight is 284 g/mol. The van der Waals surface area contributed by atoms with Gasteiger partial charge in [0, 0.05) is 19.0 Å². The van der Waals surface area contributed by atoms with E-state index in [2.05, 4.69) is 25.9 Å². The van der Waals surface area contributed by atoms with Gasteiger partial charge in [-0.1, -0.05) is 32.4 Å². The fourth-order valence-corrected chi connectivity index (χ4v) is 3.31. The van der Waals surface area contributed by atoms with Gasteiger partial charge in [-0.2, -0.15) is 5.10 Å². The highest BCUT2D eigenvalue weighted by atomic mass is 35.5. The third kappa shape index (κ3) is 3.14. The van der Waals surface area contributed by atoms with Crippen molar-refractivity contribution in [3.05, 3.63) is 16.4 Å². The van der Waals surface area contributed by atoms with E-state index in [4.69, 9.17) is 17.3 Å². The Kier molecular flexibility index (Phi) is 3.99. The molecule has 108 valence electrons. The predicted octanol–water partition coefficient (Wildman–Crippen LogP) is 3.48. The molecule has 0 spiro atoms. The number of aryl methyl sites for hydroxylation is 2.